The molecule has 0 atom stereocenters. The molecular formula is C17H16FN3O4S. The first kappa shape index (κ1) is 17.7. The van der Waals surface area contributed by atoms with Gasteiger partial charge in [0.25, 0.3) is 5.91 Å². The number of para-hydroxylation sites is 1. The van der Waals surface area contributed by atoms with Crippen molar-refractivity contribution in [3.05, 3.63) is 48.3 Å². The number of thiocarbonyl (C=S) groups is 1. The minimum absolute atomic E-state index is 0.000343. The molecule has 0 aliphatic carbocycles. The molecular weight excluding hydrogens is 361 g/mol. The molecule has 3 N–H and O–H groups in total. The molecule has 7 nitrogen and oxygen atoms in total. The van der Waals surface area contributed by atoms with Crippen molar-refractivity contribution in [1.82, 2.24) is 10.9 Å². The van der Waals surface area contributed by atoms with E-state index < -0.39 is 11.7 Å². The third-order valence-electron chi connectivity index (χ3n) is 3.31. The van der Waals surface area contributed by atoms with Crippen LogP contribution in [0.4, 0.5) is 10.1 Å². The number of nitrogens with one attached hydrogen (secondary N) is 3. The summed E-state index contributed by atoms with van der Waals surface area (Å²) in [5, 5.41) is 3.07. The number of rotatable bonds is 4. The van der Waals surface area contributed by atoms with Crippen molar-refractivity contribution in [2.75, 3.05) is 25.1 Å². The molecule has 0 saturated carbocycles. The van der Waals surface area contributed by atoms with Gasteiger partial charge in [0.15, 0.2) is 34.8 Å². The van der Waals surface area contributed by atoms with Crippen LogP contribution in [0.5, 0.6) is 17.2 Å². The number of ether oxygens (including phenoxy) is 3. The molecule has 0 bridgehead atoms. The molecule has 9 heteroatoms. The molecule has 3 rings (SSSR count). The molecule has 1 heterocycles. The van der Waals surface area contributed by atoms with Crippen molar-refractivity contribution in [1.29, 1.82) is 0 Å². The highest BCUT2D eigenvalue weighted by Gasteiger charge is 2.12. The van der Waals surface area contributed by atoms with Gasteiger partial charge in [-0.05, 0) is 36.5 Å². The Morgan fingerprint density at radius 1 is 1.12 bits per heavy atom. The number of carbonyl (C=O) groups excluding carboxylic acids is 1. The minimum Gasteiger partial charge on any atom is -0.486 e. The number of amides is 1. The monoisotopic (exact) mass is 377 g/mol. The summed E-state index contributed by atoms with van der Waals surface area (Å²) in [4.78, 5) is 11.7. The van der Waals surface area contributed by atoms with Crippen molar-refractivity contribution >= 4 is 28.9 Å². The van der Waals surface area contributed by atoms with Crippen LogP contribution in [-0.2, 0) is 4.79 Å². The molecule has 0 fully saturated rings. The summed E-state index contributed by atoms with van der Waals surface area (Å²) in [5.41, 5.74) is 5.57. The van der Waals surface area contributed by atoms with Crippen LogP contribution in [0.25, 0.3) is 0 Å². The first-order valence-corrected chi connectivity index (χ1v) is 8.15. The highest BCUT2D eigenvalue weighted by molar-refractivity contribution is 7.80. The van der Waals surface area contributed by atoms with Crippen LogP contribution in [-0.4, -0.2) is 30.8 Å². The fraction of sp³-hybridized carbons (Fsp3) is 0.176. The van der Waals surface area contributed by atoms with Crippen molar-refractivity contribution in [3.8, 4) is 17.2 Å². The molecule has 0 saturated heterocycles. The van der Waals surface area contributed by atoms with E-state index in [9.17, 15) is 9.18 Å². The number of fused-ring (bicyclic) bond motifs is 1. The van der Waals surface area contributed by atoms with Gasteiger partial charge in [-0.1, -0.05) is 12.1 Å². The maximum atomic E-state index is 13.4. The molecule has 26 heavy (non-hydrogen) atoms. The number of carbonyl (C=O) groups is 1. The second-order valence-electron chi connectivity index (χ2n) is 5.20. The third kappa shape index (κ3) is 4.73. The summed E-state index contributed by atoms with van der Waals surface area (Å²) < 4.78 is 29.4. The highest BCUT2D eigenvalue weighted by atomic mass is 32.1. The lowest BCUT2D eigenvalue weighted by Crippen LogP contribution is -2.45. The van der Waals surface area contributed by atoms with Crippen LogP contribution >= 0.6 is 12.2 Å². The number of benzene rings is 2. The zero-order valence-corrected chi connectivity index (χ0v) is 14.4. The summed E-state index contributed by atoms with van der Waals surface area (Å²) in [6.07, 6.45) is 0. The third-order valence-corrected chi connectivity index (χ3v) is 3.52. The Morgan fingerprint density at radius 2 is 1.88 bits per heavy atom. The average Bonchev–Trinajstić information content (AvgIpc) is 2.65. The van der Waals surface area contributed by atoms with E-state index >= 15 is 0 Å². The zero-order chi connectivity index (χ0) is 18.4. The molecule has 2 aromatic rings. The van der Waals surface area contributed by atoms with Crippen molar-refractivity contribution in [2.24, 2.45) is 0 Å². The fourth-order valence-electron chi connectivity index (χ4n) is 2.15. The summed E-state index contributed by atoms with van der Waals surface area (Å²) in [6, 6.07) is 11.1. The van der Waals surface area contributed by atoms with Crippen LogP contribution in [0.2, 0.25) is 0 Å². The van der Waals surface area contributed by atoms with Crippen molar-refractivity contribution < 1.29 is 23.4 Å². The van der Waals surface area contributed by atoms with Gasteiger partial charge < -0.3 is 19.5 Å². The summed E-state index contributed by atoms with van der Waals surface area (Å²) in [7, 11) is 0. The Balaban J connectivity index is 1.43. The Bertz CT molecular complexity index is 818. The van der Waals surface area contributed by atoms with Gasteiger partial charge in [0, 0.05) is 11.8 Å². The van der Waals surface area contributed by atoms with Gasteiger partial charge in [-0.25, -0.2) is 4.39 Å². The Kier molecular flexibility index (Phi) is 5.69. The molecule has 0 unspecified atom stereocenters. The standard InChI is InChI=1S/C17H16FN3O4S/c18-12-3-1-2-4-13(12)25-10-16(22)20-21-17(26)19-11-5-6-14-15(9-11)24-8-7-23-14/h1-6,9H,7-8,10H2,(H,20,22)(H2,19,21,26). The molecule has 1 aliphatic rings. The molecule has 0 aromatic heterocycles. The molecule has 1 amide bonds. The van der Waals surface area contributed by atoms with Gasteiger partial charge >= 0.3 is 0 Å². The smallest absolute Gasteiger partial charge is 0.276 e. The normalized spacial score (nSPS) is 12.0. The van der Waals surface area contributed by atoms with Crippen LogP contribution in [0, 0.1) is 5.82 Å². The summed E-state index contributed by atoms with van der Waals surface area (Å²) >= 11 is 5.10. The minimum atomic E-state index is -0.538. The predicted octanol–water partition coefficient (Wildman–Crippen LogP) is 1.99. The van der Waals surface area contributed by atoms with E-state index in [0.717, 1.165) is 0 Å². The van der Waals surface area contributed by atoms with Gasteiger partial charge in [0.05, 0.1) is 0 Å². The van der Waals surface area contributed by atoms with Gasteiger partial charge in [-0.3, -0.25) is 15.6 Å². The number of hydrogen-bond donors (Lipinski definition) is 3. The lowest BCUT2D eigenvalue weighted by molar-refractivity contribution is -0.123. The lowest BCUT2D eigenvalue weighted by atomic mass is 10.2. The van der Waals surface area contributed by atoms with E-state index in [1.54, 1.807) is 24.3 Å². The Hall–Kier alpha value is -3.07. The van der Waals surface area contributed by atoms with Crippen molar-refractivity contribution in [2.45, 2.75) is 0 Å². The molecule has 0 radical (unpaired) electrons. The highest BCUT2D eigenvalue weighted by Crippen LogP contribution is 2.32. The number of anilines is 1. The van der Waals surface area contributed by atoms with E-state index in [0.29, 0.717) is 30.4 Å². The van der Waals surface area contributed by atoms with E-state index in [4.69, 9.17) is 26.4 Å². The maximum Gasteiger partial charge on any atom is 0.276 e. The topological polar surface area (TPSA) is 80.9 Å². The van der Waals surface area contributed by atoms with Crippen LogP contribution < -0.4 is 30.4 Å². The molecule has 1 aliphatic heterocycles. The number of hydrogen-bond acceptors (Lipinski definition) is 5. The Morgan fingerprint density at radius 3 is 2.69 bits per heavy atom. The molecule has 136 valence electrons. The van der Waals surface area contributed by atoms with Gasteiger partial charge in [0.1, 0.15) is 13.2 Å². The average molecular weight is 377 g/mol. The largest absolute Gasteiger partial charge is 0.486 e. The van der Waals surface area contributed by atoms with Crippen LogP contribution in [0.1, 0.15) is 0 Å². The van der Waals surface area contributed by atoms with Crippen LogP contribution in [0.3, 0.4) is 0 Å². The lowest BCUT2D eigenvalue weighted by Gasteiger charge is -2.19. The second kappa shape index (κ2) is 8.34. The van der Waals surface area contributed by atoms with Gasteiger partial charge in [0.2, 0.25) is 0 Å². The number of halogens is 1. The van der Waals surface area contributed by atoms with Crippen molar-refractivity contribution in [3.63, 3.8) is 0 Å². The van der Waals surface area contributed by atoms with E-state index in [-0.39, 0.29) is 17.5 Å². The van der Waals surface area contributed by atoms with Gasteiger partial charge in [-0.2, -0.15) is 0 Å². The summed E-state index contributed by atoms with van der Waals surface area (Å²) in [5.74, 6) is 0.230. The second-order valence-corrected chi connectivity index (χ2v) is 5.61. The Labute approximate surface area is 154 Å². The summed E-state index contributed by atoms with van der Waals surface area (Å²) in [6.45, 7) is 0.637. The van der Waals surface area contributed by atoms with Gasteiger partial charge in [-0.15, -0.1) is 0 Å². The van der Waals surface area contributed by atoms with E-state index in [2.05, 4.69) is 16.2 Å². The first-order chi connectivity index (χ1) is 12.6. The first-order valence-electron chi connectivity index (χ1n) is 7.74. The number of hydrazine groups is 1. The van der Waals surface area contributed by atoms with E-state index in [1.165, 1.54) is 18.2 Å². The molecule has 2 aromatic carbocycles. The SMILES string of the molecule is O=C(COc1ccccc1F)NNC(=S)Nc1ccc2c(c1)OCCO2. The maximum absolute atomic E-state index is 13.4. The quantitative estimate of drug-likeness (QED) is 0.555. The van der Waals surface area contributed by atoms with Crippen LogP contribution in [0.15, 0.2) is 42.5 Å². The molecule has 0 spiro atoms. The fourth-order valence-corrected chi connectivity index (χ4v) is 2.32. The van der Waals surface area contributed by atoms with E-state index in [1.807, 2.05) is 0 Å². The predicted molar refractivity (Wildman–Crippen MR) is 96.8 cm³/mol. The zero-order valence-electron chi connectivity index (χ0n) is 13.6.